The highest BCUT2D eigenvalue weighted by Crippen LogP contribution is 2.40. The number of rotatable bonds is 5. The van der Waals surface area contributed by atoms with Gasteiger partial charge in [0.25, 0.3) is 11.7 Å². The number of likely N-dealkylation sites (tertiary alicyclic amines) is 1. The second-order valence-electron chi connectivity index (χ2n) is 7.55. The summed E-state index contributed by atoms with van der Waals surface area (Å²) in [5.41, 5.74) is 2.62. The van der Waals surface area contributed by atoms with Gasteiger partial charge in [0.15, 0.2) is 0 Å². The number of Topliss-reactive ketones (excluding diaryl/α,β-unsaturated/α-hetero) is 1. The Balaban J connectivity index is 1.79. The molecule has 0 spiro atoms. The zero-order chi connectivity index (χ0) is 20.4. The Kier molecular flexibility index (Phi) is 5.49. The molecule has 29 heavy (non-hydrogen) atoms. The Morgan fingerprint density at radius 2 is 1.83 bits per heavy atom. The molecule has 1 amide bonds. The number of aliphatic hydroxyl groups is 1. The molecule has 0 bridgehead atoms. The van der Waals surface area contributed by atoms with Gasteiger partial charge in [-0.05, 0) is 30.4 Å². The molecular formula is C24H25NO4. The van der Waals surface area contributed by atoms with Crippen molar-refractivity contribution in [3.8, 4) is 0 Å². The van der Waals surface area contributed by atoms with Crippen LogP contribution in [0, 0.1) is 0 Å². The number of nitrogens with zero attached hydrogens (tertiary/aromatic N) is 1. The van der Waals surface area contributed by atoms with Gasteiger partial charge in [-0.2, -0.15) is 0 Å². The molecule has 4 rings (SSSR count). The second kappa shape index (κ2) is 8.21. The molecule has 0 aromatic heterocycles. The molecule has 2 atom stereocenters. The normalized spacial score (nSPS) is 23.7. The van der Waals surface area contributed by atoms with Crippen LogP contribution >= 0.6 is 0 Å². The maximum absolute atomic E-state index is 13.0. The summed E-state index contributed by atoms with van der Waals surface area (Å²) in [6.45, 7) is 3.07. The molecule has 0 aliphatic carbocycles. The highest BCUT2D eigenvalue weighted by molar-refractivity contribution is 6.46. The molecule has 5 nitrogen and oxygen atoms in total. The van der Waals surface area contributed by atoms with Crippen molar-refractivity contribution in [2.75, 3.05) is 13.2 Å². The van der Waals surface area contributed by atoms with Crippen molar-refractivity contribution in [3.63, 3.8) is 0 Å². The van der Waals surface area contributed by atoms with Crippen molar-refractivity contribution in [2.24, 2.45) is 0 Å². The topological polar surface area (TPSA) is 66.8 Å². The summed E-state index contributed by atoms with van der Waals surface area (Å²) in [6.07, 6.45) is 2.62. The number of aliphatic hydroxyl groups excluding tert-OH is 1. The molecule has 2 fully saturated rings. The quantitative estimate of drug-likeness (QED) is 0.478. The Labute approximate surface area is 170 Å². The molecule has 5 heteroatoms. The summed E-state index contributed by atoms with van der Waals surface area (Å²) >= 11 is 0. The van der Waals surface area contributed by atoms with Gasteiger partial charge in [0.1, 0.15) is 5.76 Å². The van der Waals surface area contributed by atoms with Gasteiger partial charge in [0.2, 0.25) is 0 Å². The summed E-state index contributed by atoms with van der Waals surface area (Å²) in [7, 11) is 0. The lowest BCUT2D eigenvalue weighted by Crippen LogP contribution is -2.36. The van der Waals surface area contributed by atoms with Crippen molar-refractivity contribution >= 4 is 17.4 Å². The summed E-state index contributed by atoms with van der Waals surface area (Å²) in [4.78, 5) is 27.4. The molecule has 2 unspecified atom stereocenters. The maximum Gasteiger partial charge on any atom is 0.295 e. The van der Waals surface area contributed by atoms with Crippen LogP contribution in [0.2, 0.25) is 0 Å². The number of aryl methyl sites for hydroxylation is 1. The number of hydrogen-bond donors (Lipinski definition) is 1. The standard InChI is InChI=1S/C24H25NO4/c1-2-16-10-12-18(13-11-16)22(26)20-21(17-7-4-3-5-8-17)25(24(28)23(20)27)15-19-9-6-14-29-19/h3-5,7-8,10-13,19,21,26H,2,6,9,14-15H2,1H3/b22-20-. The fraction of sp³-hybridized carbons (Fsp3) is 0.333. The average Bonchev–Trinajstić information content (AvgIpc) is 3.36. The minimum Gasteiger partial charge on any atom is -0.507 e. The Morgan fingerprint density at radius 1 is 1.10 bits per heavy atom. The first-order valence-corrected chi connectivity index (χ1v) is 10.1. The third kappa shape index (κ3) is 3.70. The molecule has 2 aromatic carbocycles. The number of benzene rings is 2. The van der Waals surface area contributed by atoms with Crippen molar-refractivity contribution in [3.05, 3.63) is 76.9 Å². The molecule has 2 heterocycles. The van der Waals surface area contributed by atoms with E-state index in [0.29, 0.717) is 18.7 Å². The second-order valence-corrected chi connectivity index (χ2v) is 7.55. The van der Waals surface area contributed by atoms with E-state index < -0.39 is 17.7 Å². The number of amides is 1. The fourth-order valence-electron chi connectivity index (χ4n) is 4.11. The number of ether oxygens (including phenoxy) is 1. The van der Waals surface area contributed by atoms with Crippen molar-refractivity contribution in [2.45, 2.75) is 38.3 Å². The summed E-state index contributed by atoms with van der Waals surface area (Å²) < 4.78 is 5.70. The molecule has 0 radical (unpaired) electrons. The van der Waals surface area contributed by atoms with Gasteiger partial charge < -0.3 is 14.7 Å². The molecule has 2 aliphatic heterocycles. The van der Waals surface area contributed by atoms with Crippen LogP contribution in [-0.4, -0.2) is 41.0 Å². The maximum atomic E-state index is 13.0. The van der Waals surface area contributed by atoms with Crippen molar-refractivity contribution < 1.29 is 19.4 Å². The molecule has 2 aliphatic rings. The van der Waals surface area contributed by atoms with Crippen LogP contribution in [0.25, 0.3) is 5.76 Å². The minimum atomic E-state index is -0.645. The largest absolute Gasteiger partial charge is 0.507 e. The van der Waals surface area contributed by atoms with Gasteiger partial charge in [0, 0.05) is 18.7 Å². The van der Waals surface area contributed by atoms with E-state index in [0.717, 1.165) is 30.4 Å². The monoisotopic (exact) mass is 391 g/mol. The van der Waals surface area contributed by atoms with Crippen LogP contribution in [0.5, 0.6) is 0 Å². The van der Waals surface area contributed by atoms with E-state index >= 15 is 0 Å². The lowest BCUT2D eigenvalue weighted by molar-refractivity contribution is -0.140. The van der Waals surface area contributed by atoms with Crippen molar-refractivity contribution in [1.29, 1.82) is 0 Å². The van der Waals surface area contributed by atoms with E-state index in [1.165, 1.54) is 0 Å². The Bertz CT molecular complexity index is 927. The van der Waals surface area contributed by atoms with E-state index in [1.807, 2.05) is 42.5 Å². The van der Waals surface area contributed by atoms with Crippen LogP contribution in [0.1, 0.15) is 42.5 Å². The third-order valence-electron chi connectivity index (χ3n) is 5.72. The Morgan fingerprint density at radius 3 is 2.45 bits per heavy atom. The number of ketones is 1. The van der Waals surface area contributed by atoms with E-state index in [1.54, 1.807) is 17.0 Å². The lowest BCUT2D eigenvalue weighted by Gasteiger charge is -2.27. The van der Waals surface area contributed by atoms with Gasteiger partial charge in [-0.3, -0.25) is 9.59 Å². The van der Waals surface area contributed by atoms with Gasteiger partial charge >= 0.3 is 0 Å². The number of hydrogen-bond acceptors (Lipinski definition) is 4. The van der Waals surface area contributed by atoms with E-state index in [-0.39, 0.29) is 17.4 Å². The van der Waals surface area contributed by atoms with Crippen LogP contribution in [0.4, 0.5) is 0 Å². The minimum absolute atomic E-state index is 0.0803. The molecule has 2 saturated heterocycles. The van der Waals surface area contributed by atoms with Crippen LogP contribution in [0.3, 0.4) is 0 Å². The zero-order valence-corrected chi connectivity index (χ0v) is 16.5. The average molecular weight is 391 g/mol. The Hall–Kier alpha value is -2.92. The smallest absolute Gasteiger partial charge is 0.295 e. The lowest BCUT2D eigenvalue weighted by atomic mass is 9.95. The van der Waals surface area contributed by atoms with E-state index in [2.05, 4.69) is 6.92 Å². The number of carbonyl (C=O) groups is 2. The zero-order valence-electron chi connectivity index (χ0n) is 16.5. The summed E-state index contributed by atoms with van der Waals surface area (Å²) in [5.74, 6) is -1.36. The molecular weight excluding hydrogens is 366 g/mol. The van der Waals surface area contributed by atoms with Crippen LogP contribution in [0.15, 0.2) is 60.2 Å². The van der Waals surface area contributed by atoms with Gasteiger partial charge in [-0.1, -0.05) is 61.5 Å². The van der Waals surface area contributed by atoms with Crippen LogP contribution < -0.4 is 0 Å². The molecule has 2 aromatic rings. The van der Waals surface area contributed by atoms with Gasteiger partial charge in [-0.25, -0.2) is 0 Å². The van der Waals surface area contributed by atoms with Crippen molar-refractivity contribution in [1.82, 2.24) is 4.90 Å². The predicted molar refractivity (Wildman–Crippen MR) is 110 cm³/mol. The highest BCUT2D eigenvalue weighted by atomic mass is 16.5. The third-order valence-corrected chi connectivity index (χ3v) is 5.72. The fourth-order valence-corrected chi connectivity index (χ4v) is 4.11. The first-order valence-electron chi connectivity index (χ1n) is 10.1. The first kappa shape index (κ1) is 19.4. The SMILES string of the molecule is CCc1ccc(/C(O)=C2/C(=O)C(=O)N(CC3CCCO3)C2c2ccccc2)cc1. The van der Waals surface area contributed by atoms with Gasteiger partial charge in [0.05, 0.1) is 17.7 Å². The van der Waals surface area contributed by atoms with Crippen LogP contribution in [-0.2, 0) is 20.7 Å². The molecule has 150 valence electrons. The molecule has 1 N–H and O–H groups in total. The summed E-state index contributed by atoms with van der Waals surface area (Å²) in [6, 6.07) is 16.2. The highest BCUT2D eigenvalue weighted by Gasteiger charge is 2.46. The van der Waals surface area contributed by atoms with E-state index in [4.69, 9.17) is 4.74 Å². The summed E-state index contributed by atoms with van der Waals surface area (Å²) in [5, 5.41) is 11.0. The van der Waals surface area contributed by atoms with Gasteiger partial charge in [-0.15, -0.1) is 0 Å². The first-order chi connectivity index (χ1) is 14.1. The number of carbonyl (C=O) groups excluding carboxylic acids is 2. The van der Waals surface area contributed by atoms with E-state index in [9.17, 15) is 14.7 Å². The molecule has 0 saturated carbocycles. The predicted octanol–water partition coefficient (Wildman–Crippen LogP) is 3.85.